The van der Waals surface area contributed by atoms with Gasteiger partial charge >= 0.3 is 0 Å². The van der Waals surface area contributed by atoms with Crippen molar-refractivity contribution in [2.45, 2.75) is 6.92 Å². The number of hydrogen-bond donors (Lipinski definition) is 0. The van der Waals surface area contributed by atoms with Gasteiger partial charge in [0, 0.05) is 57.2 Å². The predicted octanol–water partition coefficient (Wildman–Crippen LogP) is 2.64. The highest BCUT2D eigenvalue weighted by Gasteiger charge is 2.21. The molecular formula is C22H27N7OS. The monoisotopic (exact) mass is 437 g/mol. The predicted molar refractivity (Wildman–Crippen MR) is 124 cm³/mol. The summed E-state index contributed by atoms with van der Waals surface area (Å²) in [4.78, 5) is 27.2. The van der Waals surface area contributed by atoms with Crippen LogP contribution in [0.2, 0.25) is 0 Å². The standard InChI is InChI=1S/C22H27N7OS/c1-2-27-7-9-28(10-8-27)22-24-16-17(20(26-22)19-4-3-15-31-19)18-5-6-23-21(25-18)29-11-13-30-14-12-29/h3-6,15-16H,2,7-14H2,1H3. The highest BCUT2D eigenvalue weighted by molar-refractivity contribution is 7.13. The molecule has 2 aliphatic heterocycles. The molecule has 31 heavy (non-hydrogen) atoms. The molecule has 3 aromatic rings. The molecule has 0 atom stereocenters. The average Bonchev–Trinajstić information content (AvgIpc) is 3.39. The maximum Gasteiger partial charge on any atom is 0.226 e. The molecule has 0 aliphatic carbocycles. The van der Waals surface area contributed by atoms with E-state index in [-0.39, 0.29) is 0 Å². The Labute approximate surface area is 186 Å². The van der Waals surface area contributed by atoms with Crippen LogP contribution in [0.4, 0.5) is 11.9 Å². The molecule has 0 unspecified atom stereocenters. The van der Waals surface area contributed by atoms with Gasteiger partial charge in [-0.15, -0.1) is 11.3 Å². The molecule has 0 aromatic carbocycles. The second-order valence-electron chi connectivity index (χ2n) is 7.67. The van der Waals surface area contributed by atoms with Gasteiger partial charge in [0.1, 0.15) is 0 Å². The molecule has 0 bridgehead atoms. The number of anilines is 2. The van der Waals surface area contributed by atoms with Crippen molar-refractivity contribution in [3.63, 3.8) is 0 Å². The van der Waals surface area contributed by atoms with Crippen LogP contribution in [-0.4, -0.2) is 83.9 Å². The molecule has 5 rings (SSSR count). The van der Waals surface area contributed by atoms with E-state index in [9.17, 15) is 0 Å². The van der Waals surface area contributed by atoms with Crippen molar-refractivity contribution in [1.29, 1.82) is 0 Å². The van der Waals surface area contributed by atoms with E-state index in [0.717, 1.165) is 79.5 Å². The zero-order valence-electron chi connectivity index (χ0n) is 17.8. The molecule has 0 radical (unpaired) electrons. The van der Waals surface area contributed by atoms with Gasteiger partial charge in [-0.25, -0.2) is 19.9 Å². The summed E-state index contributed by atoms with van der Waals surface area (Å²) in [5, 5.41) is 2.08. The summed E-state index contributed by atoms with van der Waals surface area (Å²) < 4.78 is 5.47. The Bertz CT molecular complexity index is 999. The minimum Gasteiger partial charge on any atom is -0.378 e. The summed E-state index contributed by atoms with van der Waals surface area (Å²) in [6, 6.07) is 6.11. The van der Waals surface area contributed by atoms with Gasteiger partial charge in [0.15, 0.2) is 0 Å². The van der Waals surface area contributed by atoms with E-state index < -0.39 is 0 Å². The topological polar surface area (TPSA) is 70.5 Å². The second-order valence-corrected chi connectivity index (χ2v) is 8.62. The Balaban J connectivity index is 1.49. The number of rotatable bonds is 5. The lowest BCUT2D eigenvalue weighted by molar-refractivity contribution is 0.122. The Morgan fingerprint density at radius 2 is 1.71 bits per heavy atom. The van der Waals surface area contributed by atoms with Gasteiger partial charge in [-0.2, -0.15) is 0 Å². The molecule has 0 amide bonds. The molecule has 0 saturated carbocycles. The zero-order valence-corrected chi connectivity index (χ0v) is 18.6. The van der Waals surface area contributed by atoms with E-state index in [1.165, 1.54) is 0 Å². The summed E-state index contributed by atoms with van der Waals surface area (Å²) in [5.74, 6) is 1.53. The molecule has 9 heteroatoms. The minimum absolute atomic E-state index is 0.705. The average molecular weight is 438 g/mol. The number of nitrogens with zero attached hydrogens (tertiary/aromatic N) is 7. The lowest BCUT2D eigenvalue weighted by Crippen LogP contribution is -2.46. The number of piperazine rings is 1. The molecule has 2 aliphatic rings. The summed E-state index contributed by atoms with van der Waals surface area (Å²) in [5.41, 5.74) is 2.72. The van der Waals surface area contributed by atoms with Gasteiger partial charge in [-0.1, -0.05) is 13.0 Å². The van der Waals surface area contributed by atoms with Crippen LogP contribution in [0.15, 0.2) is 36.0 Å². The van der Waals surface area contributed by atoms with E-state index in [2.05, 4.69) is 44.1 Å². The summed E-state index contributed by atoms with van der Waals surface area (Å²) in [7, 11) is 0. The van der Waals surface area contributed by atoms with Gasteiger partial charge < -0.3 is 19.4 Å². The summed E-state index contributed by atoms with van der Waals surface area (Å²) in [6.07, 6.45) is 3.75. The molecule has 2 fully saturated rings. The van der Waals surface area contributed by atoms with Crippen LogP contribution in [0, 0.1) is 0 Å². The largest absolute Gasteiger partial charge is 0.378 e. The fraction of sp³-hybridized carbons (Fsp3) is 0.455. The van der Waals surface area contributed by atoms with E-state index in [1.807, 2.05) is 18.5 Å². The van der Waals surface area contributed by atoms with Crippen LogP contribution in [0.3, 0.4) is 0 Å². The van der Waals surface area contributed by atoms with Gasteiger partial charge in [-0.3, -0.25) is 0 Å². The van der Waals surface area contributed by atoms with Crippen LogP contribution in [-0.2, 0) is 4.74 Å². The van der Waals surface area contributed by atoms with E-state index in [4.69, 9.17) is 19.7 Å². The number of ether oxygens (including phenoxy) is 1. The zero-order chi connectivity index (χ0) is 21.0. The fourth-order valence-corrected chi connectivity index (χ4v) is 4.72. The first-order valence-corrected chi connectivity index (χ1v) is 11.7. The maximum absolute atomic E-state index is 5.47. The van der Waals surface area contributed by atoms with Crippen molar-refractivity contribution in [2.75, 3.05) is 68.8 Å². The smallest absolute Gasteiger partial charge is 0.226 e. The SMILES string of the molecule is CCN1CCN(c2ncc(-c3ccnc(N4CCOCC4)n3)c(-c3cccs3)n2)CC1. The number of thiophene rings is 1. The first-order chi connectivity index (χ1) is 15.3. The molecule has 162 valence electrons. The highest BCUT2D eigenvalue weighted by Crippen LogP contribution is 2.33. The van der Waals surface area contributed by atoms with Gasteiger partial charge in [0.25, 0.3) is 0 Å². The molecular weight excluding hydrogens is 410 g/mol. The first-order valence-electron chi connectivity index (χ1n) is 10.9. The number of likely N-dealkylation sites (N-methyl/N-ethyl adjacent to an activating group) is 1. The minimum atomic E-state index is 0.705. The highest BCUT2D eigenvalue weighted by atomic mass is 32.1. The Kier molecular flexibility index (Phi) is 6.06. The number of aromatic nitrogens is 4. The first kappa shape index (κ1) is 20.3. The quantitative estimate of drug-likeness (QED) is 0.603. The Morgan fingerprint density at radius 3 is 2.45 bits per heavy atom. The molecule has 2 saturated heterocycles. The lowest BCUT2D eigenvalue weighted by atomic mass is 10.1. The summed E-state index contributed by atoms with van der Waals surface area (Å²) in [6.45, 7) is 10.3. The molecule has 5 heterocycles. The summed E-state index contributed by atoms with van der Waals surface area (Å²) >= 11 is 1.69. The van der Waals surface area contributed by atoms with E-state index in [1.54, 1.807) is 11.3 Å². The normalized spacial score (nSPS) is 17.8. The van der Waals surface area contributed by atoms with Crippen molar-refractivity contribution < 1.29 is 4.74 Å². The van der Waals surface area contributed by atoms with Crippen LogP contribution in [0.1, 0.15) is 6.92 Å². The third-order valence-electron chi connectivity index (χ3n) is 5.85. The van der Waals surface area contributed by atoms with E-state index >= 15 is 0 Å². The van der Waals surface area contributed by atoms with Gasteiger partial charge in [-0.05, 0) is 24.1 Å². The molecule has 3 aromatic heterocycles. The molecule has 0 N–H and O–H groups in total. The third-order valence-corrected chi connectivity index (χ3v) is 6.72. The molecule has 8 nitrogen and oxygen atoms in total. The van der Waals surface area contributed by atoms with Gasteiger partial charge in [0.05, 0.1) is 29.5 Å². The van der Waals surface area contributed by atoms with Gasteiger partial charge in [0.2, 0.25) is 11.9 Å². The maximum atomic E-state index is 5.47. The van der Waals surface area contributed by atoms with E-state index in [0.29, 0.717) is 13.2 Å². The van der Waals surface area contributed by atoms with Crippen LogP contribution >= 0.6 is 11.3 Å². The van der Waals surface area contributed by atoms with Crippen LogP contribution in [0.25, 0.3) is 21.8 Å². The van der Waals surface area contributed by atoms with Crippen molar-refractivity contribution >= 4 is 23.2 Å². The van der Waals surface area contributed by atoms with Crippen molar-refractivity contribution in [3.05, 3.63) is 36.0 Å². The lowest BCUT2D eigenvalue weighted by Gasteiger charge is -2.34. The van der Waals surface area contributed by atoms with Crippen LogP contribution in [0.5, 0.6) is 0 Å². The number of hydrogen-bond acceptors (Lipinski definition) is 9. The third kappa shape index (κ3) is 4.39. The Morgan fingerprint density at radius 1 is 0.935 bits per heavy atom. The fourth-order valence-electron chi connectivity index (χ4n) is 3.99. The van der Waals surface area contributed by atoms with Crippen molar-refractivity contribution in [3.8, 4) is 21.8 Å². The van der Waals surface area contributed by atoms with Crippen molar-refractivity contribution in [1.82, 2.24) is 24.8 Å². The Hall–Kier alpha value is -2.62. The van der Waals surface area contributed by atoms with Crippen molar-refractivity contribution in [2.24, 2.45) is 0 Å². The second kappa shape index (κ2) is 9.25. The number of morpholine rings is 1. The van der Waals surface area contributed by atoms with Crippen LogP contribution < -0.4 is 9.80 Å². The molecule has 0 spiro atoms.